The van der Waals surface area contributed by atoms with E-state index in [0.717, 1.165) is 79.3 Å². The molecule has 1 aromatic carbocycles. The van der Waals surface area contributed by atoms with Gasteiger partial charge in [-0.3, -0.25) is 4.79 Å². The van der Waals surface area contributed by atoms with Crippen LogP contribution in [0.4, 0.5) is 5.69 Å². The summed E-state index contributed by atoms with van der Waals surface area (Å²) in [5.41, 5.74) is 5.63. The fourth-order valence-corrected chi connectivity index (χ4v) is 4.82. The zero-order valence-electron chi connectivity index (χ0n) is 20.6. The van der Waals surface area contributed by atoms with Crippen LogP contribution in [0.1, 0.15) is 47.7 Å². The first-order valence-corrected chi connectivity index (χ1v) is 12.0. The van der Waals surface area contributed by atoms with Gasteiger partial charge in [-0.15, -0.1) is 0 Å². The highest BCUT2D eigenvalue weighted by atomic mass is 16.6. The maximum atomic E-state index is 12.8. The van der Waals surface area contributed by atoms with Crippen molar-refractivity contribution in [3.05, 3.63) is 46.3 Å². The van der Waals surface area contributed by atoms with Gasteiger partial charge in [-0.25, -0.2) is 0 Å². The van der Waals surface area contributed by atoms with Gasteiger partial charge in [0.15, 0.2) is 6.29 Å². The van der Waals surface area contributed by atoms with E-state index in [2.05, 4.69) is 27.1 Å². The maximum Gasteiger partial charge on any atom is 0.256 e. The van der Waals surface area contributed by atoms with Gasteiger partial charge in [0, 0.05) is 61.0 Å². The molecule has 0 bridgehead atoms. The molecule has 0 aliphatic carbocycles. The first-order chi connectivity index (χ1) is 16.4. The van der Waals surface area contributed by atoms with Gasteiger partial charge in [-0.2, -0.15) is 0 Å². The second kappa shape index (κ2) is 10.7. The number of hydrogen-bond acceptors (Lipinski definition) is 6. The third-order valence-electron chi connectivity index (χ3n) is 6.74. The van der Waals surface area contributed by atoms with E-state index in [-0.39, 0.29) is 5.91 Å². The van der Waals surface area contributed by atoms with Crippen molar-refractivity contribution in [1.82, 2.24) is 14.8 Å². The molecule has 8 heteroatoms. The Labute approximate surface area is 201 Å². The average Bonchev–Trinajstić information content (AvgIpc) is 3.30. The summed E-state index contributed by atoms with van der Waals surface area (Å²) in [5.74, 6) is 0.550. The Hall–Kier alpha value is -2.65. The van der Waals surface area contributed by atoms with E-state index in [4.69, 9.17) is 9.47 Å². The monoisotopic (exact) mass is 468 g/mol. The molecule has 1 aromatic heterocycles. The third-order valence-corrected chi connectivity index (χ3v) is 6.74. The molecule has 3 N–H and O–H groups in total. The van der Waals surface area contributed by atoms with Gasteiger partial charge < -0.3 is 34.7 Å². The third kappa shape index (κ3) is 5.20. The van der Waals surface area contributed by atoms with Gasteiger partial charge in [0.25, 0.3) is 5.91 Å². The molecule has 4 rings (SSSR count). The second-order valence-corrected chi connectivity index (χ2v) is 9.04. The maximum absolute atomic E-state index is 12.8. The van der Waals surface area contributed by atoms with Crippen LogP contribution in [0.2, 0.25) is 0 Å². The molecule has 1 fully saturated rings. The van der Waals surface area contributed by atoms with Crippen molar-refractivity contribution in [2.45, 2.75) is 33.0 Å². The van der Waals surface area contributed by atoms with E-state index < -0.39 is 6.29 Å². The molecule has 8 nitrogen and oxygen atoms in total. The molecule has 2 aliphatic heterocycles. The van der Waals surface area contributed by atoms with Crippen LogP contribution in [0.3, 0.4) is 0 Å². The van der Waals surface area contributed by atoms with Crippen LogP contribution >= 0.6 is 0 Å². The van der Waals surface area contributed by atoms with Gasteiger partial charge in [0.1, 0.15) is 5.75 Å². The molecule has 184 valence electrons. The number of aromatic nitrogens is 1. The molecule has 2 aromatic rings. The number of rotatable bonds is 9. The minimum Gasteiger partial charge on any atom is -0.497 e. The molecule has 0 spiro atoms. The summed E-state index contributed by atoms with van der Waals surface area (Å²) in [6.07, 6.45) is 2.62. The minimum absolute atomic E-state index is 0.147. The number of aryl methyl sites for hydroxylation is 1. The van der Waals surface area contributed by atoms with Crippen LogP contribution in [0.5, 0.6) is 5.75 Å². The van der Waals surface area contributed by atoms with Crippen molar-refractivity contribution in [1.29, 1.82) is 0 Å². The van der Waals surface area contributed by atoms with E-state index in [1.165, 1.54) is 0 Å². The van der Waals surface area contributed by atoms with Gasteiger partial charge in [0.05, 0.1) is 12.7 Å². The number of carbonyl (C=O) groups excluding carboxylic acids is 1. The number of aromatic amines is 1. The molecule has 2 aliphatic rings. The number of piperazine rings is 1. The first-order valence-electron chi connectivity index (χ1n) is 12.0. The van der Waals surface area contributed by atoms with Crippen LogP contribution in [-0.4, -0.2) is 79.3 Å². The summed E-state index contributed by atoms with van der Waals surface area (Å²) in [7, 11) is 3.78. The number of benzene rings is 1. The standard InChI is InChI=1S/C26H36N4O4/c1-5-34-26(32)24-17(2)27-23(19(24)7-6-10-30-13-11-29(3)12-14-30)16-21-20-15-18(33-4)8-9-22(20)28-25(21)31/h8-9,15-16,26-27,32H,5-7,10-14H2,1-4H3,(H,28,31)/b21-16-. The van der Waals surface area contributed by atoms with E-state index >= 15 is 0 Å². The lowest BCUT2D eigenvalue weighted by Crippen LogP contribution is -2.44. The number of nitrogens with zero attached hydrogens (tertiary/aromatic N) is 2. The molecule has 34 heavy (non-hydrogen) atoms. The molecule has 0 saturated carbocycles. The van der Waals surface area contributed by atoms with Crippen LogP contribution in [0.15, 0.2) is 18.2 Å². The Balaban J connectivity index is 1.63. The van der Waals surface area contributed by atoms with Crippen molar-refractivity contribution in [2.24, 2.45) is 0 Å². The van der Waals surface area contributed by atoms with Crippen LogP contribution < -0.4 is 10.1 Å². The predicted octanol–water partition coefficient (Wildman–Crippen LogP) is 3.03. The number of fused-ring (bicyclic) bond motifs is 1. The largest absolute Gasteiger partial charge is 0.497 e. The molecular formula is C26H36N4O4. The highest BCUT2D eigenvalue weighted by Crippen LogP contribution is 2.37. The van der Waals surface area contributed by atoms with Crippen molar-refractivity contribution < 1.29 is 19.4 Å². The SMILES string of the molecule is CCOC(O)c1c(C)[nH]c(/C=C2\C(=O)Nc3ccc(OC)cc32)c1CCCN1CCN(C)CC1. The fourth-order valence-electron chi connectivity index (χ4n) is 4.82. The zero-order valence-corrected chi connectivity index (χ0v) is 20.6. The summed E-state index contributed by atoms with van der Waals surface area (Å²) < 4.78 is 10.9. The Morgan fingerprint density at radius 1 is 1.24 bits per heavy atom. The summed E-state index contributed by atoms with van der Waals surface area (Å²) in [6.45, 7) is 9.56. The van der Waals surface area contributed by atoms with Gasteiger partial charge in [0.2, 0.25) is 0 Å². The summed E-state index contributed by atoms with van der Waals surface area (Å²) in [5, 5.41) is 13.7. The smallest absolute Gasteiger partial charge is 0.256 e. The molecular weight excluding hydrogens is 432 g/mol. The van der Waals surface area contributed by atoms with Crippen molar-refractivity contribution in [3.8, 4) is 5.75 Å². The second-order valence-electron chi connectivity index (χ2n) is 9.04. The minimum atomic E-state index is -1.00. The lowest BCUT2D eigenvalue weighted by Gasteiger charge is -2.32. The van der Waals surface area contributed by atoms with Crippen molar-refractivity contribution >= 4 is 23.2 Å². The normalized spacial score (nSPS) is 18.9. The molecule has 1 amide bonds. The molecule has 3 heterocycles. The number of carbonyl (C=O) groups is 1. The number of amides is 1. The van der Waals surface area contributed by atoms with E-state index in [1.54, 1.807) is 7.11 Å². The number of anilines is 1. The number of nitrogens with one attached hydrogen (secondary N) is 2. The quantitative estimate of drug-likeness (QED) is 0.387. The topological polar surface area (TPSA) is 90.1 Å². The number of hydrogen-bond donors (Lipinski definition) is 3. The van der Waals surface area contributed by atoms with Crippen LogP contribution in [0, 0.1) is 6.92 Å². The van der Waals surface area contributed by atoms with Crippen molar-refractivity contribution in [2.75, 3.05) is 58.8 Å². The number of likely N-dealkylation sites (N-methyl/N-ethyl adjacent to an activating group) is 1. The van der Waals surface area contributed by atoms with E-state index in [0.29, 0.717) is 17.9 Å². The van der Waals surface area contributed by atoms with Gasteiger partial charge in [-0.05, 0) is 70.1 Å². The summed E-state index contributed by atoms with van der Waals surface area (Å²) in [6, 6.07) is 5.56. The van der Waals surface area contributed by atoms with Crippen LogP contribution in [-0.2, 0) is 16.0 Å². The van der Waals surface area contributed by atoms with Gasteiger partial charge >= 0.3 is 0 Å². The Morgan fingerprint density at radius 2 is 2.00 bits per heavy atom. The Bertz CT molecular complexity index is 1050. The van der Waals surface area contributed by atoms with E-state index in [9.17, 15) is 9.90 Å². The highest BCUT2D eigenvalue weighted by Gasteiger charge is 2.27. The number of H-pyrrole nitrogens is 1. The molecule has 0 radical (unpaired) electrons. The zero-order chi connectivity index (χ0) is 24.2. The fraction of sp³-hybridized carbons (Fsp3) is 0.500. The lowest BCUT2D eigenvalue weighted by molar-refractivity contribution is -0.110. The van der Waals surface area contributed by atoms with Crippen molar-refractivity contribution in [3.63, 3.8) is 0 Å². The lowest BCUT2D eigenvalue weighted by atomic mass is 9.99. The van der Waals surface area contributed by atoms with Gasteiger partial charge in [-0.1, -0.05) is 0 Å². The highest BCUT2D eigenvalue weighted by molar-refractivity contribution is 6.35. The number of methoxy groups -OCH3 is 1. The molecule has 1 unspecified atom stereocenters. The summed E-state index contributed by atoms with van der Waals surface area (Å²) >= 11 is 0. The van der Waals surface area contributed by atoms with Crippen LogP contribution in [0.25, 0.3) is 11.6 Å². The summed E-state index contributed by atoms with van der Waals surface area (Å²) in [4.78, 5) is 21.1. The number of ether oxygens (including phenoxy) is 2. The number of aliphatic hydroxyl groups excluding tert-OH is 1. The molecule has 1 saturated heterocycles. The predicted molar refractivity (Wildman–Crippen MR) is 134 cm³/mol. The Morgan fingerprint density at radius 3 is 2.71 bits per heavy atom. The van der Waals surface area contributed by atoms with E-state index in [1.807, 2.05) is 38.1 Å². The average molecular weight is 469 g/mol. The first kappa shape index (κ1) is 24.5. The number of aliphatic hydroxyl groups is 1. The Kier molecular flexibility index (Phi) is 7.73. The molecule has 1 atom stereocenters.